The SMILES string of the molecule is CCN(CC#N)CC(=O)N1CCCCC1. The van der Waals surface area contributed by atoms with Crippen LogP contribution in [0.25, 0.3) is 0 Å². The summed E-state index contributed by atoms with van der Waals surface area (Å²) in [5.74, 6) is 0.173. The molecule has 4 heteroatoms. The minimum Gasteiger partial charge on any atom is -0.342 e. The summed E-state index contributed by atoms with van der Waals surface area (Å²) in [5.41, 5.74) is 0. The van der Waals surface area contributed by atoms with E-state index in [1.807, 2.05) is 16.7 Å². The largest absolute Gasteiger partial charge is 0.342 e. The van der Waals surface area contributed by atoms with Crippen LogP contribution in [0, 0.1) is 11.3 Å². The molecule has 1 aliphatic rings. The number of hydrogen-bond acceptors (Lipinski definition) is 3. The van der Waals surface area contributed by atoms with E-state index in [1.54, 1.807) is 0 Å². The van der Waals surface area contributed by atoms with Crippen LogP contribution in [0.5, 0.6) is 0 Å². The summed E-state index contributed by atoms with van der Waals surface area (Å²) in [6.45, 7) is 5.25. The average Bonchev–Trinajstić information content (AvgIpc) is 2.29. The fourth-order valence-corrected chi connectivity index (χ4v) is 1.81. The van der Waals surface area contributed by atoms with E-state index in [9.17, 15) is 4.79 Å². The van der Waals surface area contributed by atoms with Gasteiger partial charge in [-0.05, 0) is 25.8 Å². The van der Waals surface area contributed by atoms with Crippen LogP contribution in [-0.2, 0) is 4.79 Å². The summed E-state index contributed by atoms with van der Waals surface area (Å²) in [7, 11) is 0. The second-order valence-electron chi connectivity index (χ2n) is 3.90. The number of carbonyl (C=O) groups is 1. The van der Waals surface area contributed by atoms with Gasteiger partial charge in [-0.25, -0.2) is 0 Å². The summed E-state index contributed by atoms with van der Waals surface area (Å²) in [5, 5.41) is 8.57. The highest BCUT2D eigenvalue weighted by Crippen LogP contribution is 2.08. The van der Waals surface area contributed by atoms with Crippen molar-refractivity contribution in [1.29, 1.82) is 5.26 Å². The summed E-state index contributed by atoms with van der Waals surface area (Å²) < 4.78 is 0. The zero-order valence-electron chi connectivity index (χ0n) is 9.41. The first-order valence-corrected chi connectivity index (χ1v) is 5.65. The van der Waals surface area contributed by atoms with Crippen molar-refractivity contribution in [3.8, 4) is 6.07 Å². The van der Waals surface area contributed by atoms with Crippen LogP contribution in [-0.4, -0.2) is 48.4 Å². The molecule has 0 aromatic rings. The van der Waals surface area contributed by atoms with Gasteiger partial charge < -0.3 is 4.90 Å². The lowest BCUT2D eigenvalue weighted by atomic mass is 10.1. The Morgan fingerprint density at radius 1 is 1.40 bits per heavy atom. The van der Waals surface area contributed by atoms with Crippen LogP contribution < -0.4 is 0 Å². The lowest BCUT2D eigenvalue weighted by molar-refractivity contribution is -0.133. The zero-order chi connectivity index (χ0) is 11.1. The molecular formula is C11H19N3O. The predicted molar refractivity (Wildman–Crippen MR) is 58.2 cm³/mol. The van der Waals surface area contributed by atoms with E-state index in [2.05, 4.69) is 6.07 Å². The van der Waals surface area contributed by atoms with Gasteiger partial charge >= 0.3 is 0 Å². The van der Waals surface area contributed by atoms with E-state index in [0.717, 1.165) is 32.5 Å². The Hall–Kier alpha value is -1.08. The van der Waals surface area contributed by atoms with E-state index in [-0.39, 0.29) is 5.91 Å². The molecule has 0 radical (unpaired) electrons. The number of likely N-dealkylation sites (tertiary alicyclic amines) is 1. The van der Waals surface area contributed by atoms with Gasteiger partial charge in [-0.2, -0.15) is 5.26 Å². The van der Waals surface area contributed by atoms with Crippen molar-refractivity contribution < 1.29 is 4.79 Å². The topological polar surface area (TPSA) is 47.3 Å². The lowest BCUT2D eigenvalue weighted by Gasteiger charge is -2.28. The number of carbonyl (C=O) groups excluding carboxylic acids is 1. The third-order valence-corrected chi connectivity index (χ3v) is 2.81. The maximum absolute atomic E-state index is 11.8. The van der Waals surface area contributed by atoms with Gasteiger partial charge in [0, 0.05) is 13.1 Å². The molecule has 1 rings (SSSR count). The maximum atomic E-state index is 11.8. The minimum atomic E-state index is 0.173. The molecule has 1 aliphatic heterocycles. The number of rotatable bonds is 4. The van der Waals surface area contributed by atoms with Crippen LogP contribution in [0.4, 0.5) is 0 Å². The fraction of sp³-hybridized carbons (Fsp3) is 0.818. The Balaban J connectivity index is 2.35. The van der Waals surface area contributed by atoms with Crippen LogP contribution in [0.1, 0.15) is 26.2 Å². The highest BCUT2D eigenvalue weighted by Gasteiger charge is 2.18. The molecule has 0 saturated carbocycles. The molecule has 0 unspecified atom stereocenters. The number of hydrogen-bond donors (Lipinski definition) is 0. The van der Waals surface area contributed by atoms with Gasteiger partial charge in [-0.3, -0.25) is 9.69 Å². The molecule has 4 nitrogen and oxygen atoms in total. The molecule has 1 saturated heterocycles. The molecule has 0 bridgehead atoms. The summed E-state index contributed by atoms with van der Waals surface area (Å²) >= 11 is 0. The van der Waals surface area contributed by atoms with Crippen LogP contribution in [0.2, 0.25) is 0 Å². The van der Waals surface area contributed by atoms with Crippen LogP contribution >= 0.6 is 0 Å². The van der Waals surface area contributed by atoms with Gasteiger partial charge in [0.2, 0.25) is 5.91 Å². The van der Waals surface area contributed by atoms with Crippen molar-refractivity contribution in [2.75, 3.05) is 32.7 Å². The van der Waals surface area contributed by atoms with Gasteiger partial charge in [-0.1, -0.05) is 6.92 Å². The van der Waals surface area contributed by atoms with E-state index in [1.165, 1.54) is 6.42 Å². The molecule has 0 aromatic heterocycles. The highest BCUT2D eigenvalue weighted by molar-refractivity contribution is 5.78. The van der Waals surface area contributed by atoms with Gasteiger partial charge in [0.15, 0.2) is 0 Å². The molecule has 1 fully saturated rings. The summed E-state index contributed by atoms with van der Waals surface area (Å²) in [4.78, 5) is 15.6. The zero-order valence-corrected chi connectivity index (χ0v) is 9.41. The van der Waals surface area contributed by atoms with Gasteiger partial charge in [-0.15, -0.1) is 0 Å². The van der Waals surface area contributed by atoms with E-state index in [4.69, 9.17) is 5.26 Å². The Labute approximate surface area is 91.5 Å². The van der Waals surface area contributed by atoms with Crippen molar-refractivity contribution in [3.63, 3.8) is 0 Å². The van der Waals surface area contributed by atoms with Crippen molar-refractivity contribution in [1.82, 2.24) is 9.80 Å². The van der Waals surface area contributed by atoms with Crippen molar-refractivity contribution in [2.24, 2.45) is 0 Å². The monoisotopic (exact) mass is 209 g/mol. The molecule has 0 N–H and O–H groups in total. The molecule has 1 amide bonds. The Bertz CT molecular complexity index is 241. The maximum Gasteiger partial charge on any atom is 0.236 e. The van der Waals surface area contributed by atoms with Crippen molar-refractivity contribution in [2.45, 2.75) is 26.2 Å². The van der Waals surface area contributed by atoms with E-state index in [0.29, 0.717) is 13.1 Å². The molecular weight excluding hydrogens is 190 g/mol. The second-order valence-corrected chi connectivity index (χ2v) is 3.90. The summed E-state index contributed by atoms with van der Waals surface area (Å²) in [6, 6.07) is 2.08. The smallest absolute Gasteiger partial charge is 0.236 e. The standard InChI is InChI=1S/C11H19N3O/c1-2-13(9-6-12)10-11(15)14-7-4-3-5-8-14/h2-5,7-10H2,1H3. The Morgan fingerprint density at radius 2 is 2.07 bits per heavy atom. The quantitative estimate of drug-likeness (QED) is 0.645. The second kappa shape index (κ2) is 6.41. The van der Waals surface area contributed by atoms with Gasteiger partial charge in [0.1, 0.15) is 0 Å². The molecule has 0 aliphatic carbocycles. The first-order chi connectivity index (χ1) is 7.27. The van der Waals surface area contributed by atoms with Crippen molar-refractivity contribution in [3.05, 3.63) is 0 Å². The fourth-order valence-electron chi connectivity index (χ4n) is 1.81. The number of likely N-dealkylation sites (N-methyl/N-ethyl adjacent to an activating group) is 1. The Kier molecular flexibility index (Phi) is 5.13. The average molecular weight is 209 g/mol. The van der Waals surface area contributed by atoms with Crippen molar-refractivity contribution >= 4 is 5.91 Å². The molecule has 1 heterocycles. The highest BCUT2D eigenvalue weighted by atomic mass is 16.2. The molecule has 15 heavy (non-hydrogen) atoms. The number of nitriles is 1. The first-order valence-electron chi connectivity index (χ1n) is 5.65. The molecule has 0 spiro atoms. The Morgan fingerprint density at radius 3 is 2.60 bits per heavy atom. The van der Waals surface area contributed by atoms with Gasteiger partial charge in [0.25, 0.3) is 0 Å². The summed E-state index contributed by atoms with van der Waals surface area (Å²) in [6.07, 6.45) is 3.48. The molecule has 0 atom stereocenters. The van der Waals surface area contributed by atoms with Gasteiger partial charge in [0.05, 0.1) is 19.2 Å². The minimum absolute atomic E-state index is 0.173. The lowest BCUT2D eigenvalue weighted by Crippen LogP contribution is -2.42. The van der Waals surface area contributed by atoms with Crippen LogP contribution in [0.3, 0.4) is 0 Å². The third-order valence-electron chi connectivity index (χ3n) is 2.81. The predicted octanol–water partition coefficient (Wildman–Crippen LogP) is 0.844. The molecule has 0 aromatic carbocycles. The first kappa shape index (κ1) is 12.0. The normalized spacial score (nSPS) is 16.5. The van der Waals surface area contributed by atoms with Crippen LogP contribution in [0.15, 0.2) is 0 Å². The number of amides is 1. The number of nitrogens with zero attached hydrogens (tertiary/aromatic N) is 3. The van der Waals surface area contributed by atoms with E-state index < -0.39 is 0 Å². The van der Waals surface area contributed by atoms with E-state index >= 15 is 0 Å². The molecule has 84 valence electrons. The third kappa shape index (κ3) is 3.88. The number of piperidine rings is 1.